The van der Waals surface area contributed by atoms with Gasteiger partial charge in [0.1, 0.15) is 5.69 Å². The molecule has 0 aliphatic carbocycles. The minimum Gasteiger partial charge on any atom is -0.351 e. The van der Waals surface area contributed by atoms with Crippen molar-refractivity contribution in [2.45, 2.75) is 19.3 Å². The van der Waals surface area contributed by atoms with Crippen LogP contribution in [0.15, 0.2) is 23.0 Å². The van der Waals surface area contributed by atoms with Gasteiger partial charge >= 0.3 is 0 Å². The SMILES string of the molecule is O=C(NCCCN1CCCC1)c1cccc(=O)[nH]1. The number of amides is 1. The van der Waals surface area contributed by atoms with E-state index in [0.717, 1.165) is 13.0 Å². The van der Waals surface area contributed by atoms with Crippen molar-refractivity contribution in [3.05, 3.63) is 34.2 Å². The van der Waals surface area contributed by atoms with Gasteiger partial charge in [0, 0.05) is 12.6 Å². The summed E-state index contributed by atoms with van der Waals surface area (Å²) in [6, 6.07) is 4.58. The molecule has 0 aromatic carbocycles. The minimum atomic E-state index is -0.250. The Morgan fingerprint density at radius 1 is 1.33 bits per heavy atom. The van der Waals surface area contributed by atoms with Gasteiger partial charge in [-0.15, -0.1) is 0 Å². The average molecular weight is 249 g/mol. The van der Waals surface area contributed by atoms with Gasteiger partial charge in [-0.3, -0.25) is 9.59 Å². The first-order chi connectivity index (χ1) is 8.75. The number of aromatic nitrogens is 1. The van der Waals surface area contributed by atoms with Gasteiger partial charge in [0.05, 0.1) is 0 Å². The fraction of sp³-hybridized carbons (Fsp3) is 0.538. The number of pyridine rings is 1. The molecule has 0 bridgehead atoms. The fourth-order valence-corrected chi connectivity index (χ4v) is 2.19. The number of aromatic amines is 1. The second-order valence-electron chi connectivity index (χ2n) is 4.59. The second kappa shape index (κ2) is 6.35. The van der Waals surface area contributed by atoms with Gasteiger partial charge in [-0.1, -0.05) is 6.07 Å². The van der Waals surface area contributed by atoms with E-state index in [-0.39, 0.29) is 11.5 Å². The number of H-pyrrole nitrogens is 1. The summed E-state index contributed by atoms with van der Waals surface area (Å²) in [4.78, 5) is 27.7. The zero-order valence-corrected chi connectivity index (χ0v) is 10.4. The average Bonchev–Trinajstić information content (AvgIpc) is 2.87. The fourth-order valence-electron chi connectivity index (χ4n) is 2.19. The molecule has 1 aromatic heterocycles. The zero-order valence-electron chi connectivity index (χ0n) is 10.4. The Labute approximate surface area is 106 Å². The summed E-state index contributed by atoms with van der Waals surface area (Å²) in [6.45, 7) is 4.04. The Morgan fingerprint density at radius 2 is 2.11 bits per heavy atom. The number of carbonyl (C=O) groups excluding carboxylic acids is 1. The van der Waals surface area contributed by atoms with Crippen LogP contribution in [0.1, 0.15) is 29.8 Å². The highest BCUT2D eigenvalue weighted by atomic mass is 16.2. The van der Waals surface area contributed by atoms with Crippen molar-refractivity contribution in [1.82, 2.24) is 15.2 Å². The maximum atomic E-state index is 11.7. The van der Waals surface area contributed by atoms with Crippen LogP contribution < -0.4 is 10.9 Å². The smallest absolute Gasteiger partial charge is 0.267 e. The number of nitrogens with one attached hydrogen (secondary N) is 2. The van der Waals surface area contributed by atoms with Crippen molar-refractivity contribution in [1.29, 1.82) is 0 Å². The highest BCUT2D eigenvalue weighted by Gasteiger charge is 2.10. The molecule has 98 valence electrons. The summed E-state index contributed by atoms with van der Waals surface area (Å²) in [7, 11) is 0. The molecule has 2 N–H and O–H groups in total. The first-order valence-electron chi connectivity index (χ1n) is 6.45. The van der Waals surface area contributed by atoms with Crippen LogP contribution in [0.5, 0.6) is 0 Å². The predicted octanol–water partition coefficient (Wildman–Crippen LogP) is 0.591. The minimum absolute atomic E-state index is 0.214. The molecule has 0 unspecified atom stereocenters. The standard InChI is InChI=1S/C13H19N3O2/c17-12-6-3-5-11(15-12)13(18)14-7-4-10-16-8-1-2-9-16/h3,5-6H,1-2,4,7-10H2,(H,14,18)(H,15,17). The van der Waals surface area contributed by atoms with Crippen molar-refractivity contribution in [3.8, 4) is 0 Å². The monoisotopic (exact) mass is 249 g/mol. The first-order valence-corrected chi connectivity index (χ1v) is 6.45. The number of carbonyl (C=O) groups is 1. The second-order valence-corrected chi connectivity index (χ2v) is 4.59. The van der Waals surface area contributed by atoms with E-state index in [1.165, 1.54) is 32.0 Å². The molecule has 2 heterocycles. The van der Waals surface area contributed by atoms with Gasteiger partial charge in [0.2, 0.25) is 5.56 Å². The van der Waals surface area contributed by atoms with E-state index in [4.69, 9.17) is 0 Å². The number of hydrogen-bond acceptors (Lipinski definition) is 3. The molecular weight excluding hydrogens is 230 g/mol. The number of hydrogen-bond donors (Lipinski definition) is 2. The molecule has 1 aliphatic rings. The molecule has 18 heavy (non-hydrogen) atoms. The maximum Gasteiger partial charge on any atom is 0.267 e. The van der Waals surface area contributed by atoms with E-state index in [9.17, 15) is 9.59 Å². The van der Waals surface area contributed by atoms with Gasteiger partial charge in [-0.05, 0) is 45.0 Å². The molecule has 1 amide bonds. The molecule has 1 aromatic rings. The first kappa shape index (κ1) is 12.8. The Hall–Kier alpha value is -1.62. The van der Waals surface area contributed by atoms with Crippen LogP contribution in [0.4, 0.5) is 0 Å². The van der Waals surface area contributed by atoms with Gasteiger partial charge in [-0.2, -0.15) is 0 Å². The number of likely N-dealkylation sites (tertiary alicyclic amines) is 1. The maximum absolute atomic E-state index is 11.7. The van der Waals surface area contributed by atoms with E-state index in [1.807, 2.05) is 0 Å². The third-order valence-electron chi connectivity index (χ3n) is 3.15. The van der Waals surface area contributed by atoms with E-state index in [1.54, 1.807) is 12.1 Å². The molecule has 0 atom stereocenters. The van der Waals surface area contributed by atoms with Crippen molar-refractivity contribution in [2.75, 3.05) is 26.2 Å². The zero-order chi connectivity index (χ0) is 12.8. The Morgan fingerprint density at radius 3 is 2.83 bits per heavy atom. The van der Waals surface area contributed by atoms with Crippen LogP contribution in [-0.2, 0) is 0 Å². The molecule has 1 aliphatic heterocycles. The Bertz CT molecular complexity index is 450. The van der Waals surface area contributed by atoms with Crippen molar-refractivity contribution in [2.24, 2.45) is 0 Å². The Kier molecular flexibility index (Phi) is 4.52. The number of nitrogens with zero attached hydrogens (tertiary/aromatic N) is 1. The summed E-state index contributed by atoms with van der Waals surface area (Å²) < 4.78 is 0. The van der Waals surface area contributed by atoms with E-state index >= 15 is 0 Å². The quantitative estimate of drug-likeness (QED) is 0.751. The third kappa shape index (κ3) is 3.70. The lowest BCUT2D eigenvalue weighted by Crippen LogP contribution is -2.30. The van der Waals surface area contributed by atoms with Crippen molar-refractivity contribution in [3.63, 3.8) is 0 Å². The van der Waals surface area contributed by atoms with Crippen LogP contribution in [-0.4, -0.2) is 42.0 Å². The van der Waals surface area contributed by atoms with Crippen molar-refractivity contribution >= 4 is 5.91 Å². The molecule has 0 spiro atoms. The van der Waals surface area contributed by atoms with Crippen LogP contribution in [0, 0.1) is 0 Å². The van der Waals surface area contributed by atoms with Crippen LogP contribution >= 0.6 is 0 Å². The summed E-state index contributed by atoms with van der Waals surface area (Å²) in [5, 5.41) is 2.81. The van der Waals surface area contributed by atoms with Crippen LogP contribution in [0.3, 0.4) is 0 Å². The third-order valence-corrected chi connectivity index (χ3v) is 3.15. The molecule has 2 rings (SSSR count). The number of rotatable bonds is 5. The van der Waals surface area contributed by atoms with Gasteiger partial charge in [0.25, 0.3) is 5.91 Å². The summed E-state index contributed by atoms with van der Waals surface area (Å²) >= 11 is 0. The van der Waals surface area contributed by atoms with E-state index < -0.39 is 0 Å². The van der Waals surface area contributed by atoms with Crippen LogP contribution in [0.25, 0.3) is 0 Å². The molecule has 0 radical (unpaired) electrons. The largest absolute Gasteiger partial charge is 0.351 e. The summed E-state index contributed by atoms with van der Waals surface area (Å²) in [6.07, 6.45) is 3.53. The molecule has 0 saturated carbocycles. The molecule has 5 nitrogen and oxygen atoms in total. The summed E-state index contributed by atoms with van der Waals surface area (Å²) in [5.74, 6) is -0.214. The van der Waals surface area contributed by atoms with Gasteiger partial charge in [0.15, 0.2) is 0 Å². The topological polar surface area (TPSA) is 65.2 Å². The predicted molar refractivity (Wildman–Crippen MR) is 69.7 cm³/mol. The normalized spacial score (nSPS) is 15.8. The molecule has 1 fully saturated rings. The van der Waals surface area contributed by atoms with Crippen molar-refractivity contribution < 1.29 is 4.79 Å². The lowest BCUT2D eigenvalue weighted by atomic mass is 10.3. The van der Waals surface area contributed by atoms with E-state index in [0.29, 0.717) is 12.2 Å². The summed E-state index contributed by atoms with van der Waals surface area (Å²) in [5.41, 5.74) is 0.0726. The lowest BCUT2D eigenvalue weighted by molar-refractivity contribution is 0.0947. The lowest BCUT2D eigenvalue weighted by Gasteiger charge is -2.14. The van der Waals surface area contributed by atoms with Crippen LogP contribution in [0.2, 0.25) is 0 Å². The highest BCUT2D eigenvalue weighted by Crippen LogP contribution is 2.06. The molecular formula is C13H19N3O2. The highest BCUT2D eigenvalue weighted by molar-refractivity contribution is 5.92. The Balaban J connectivity index is 1.70. The van der Waals surface area contributed by atoms with Gasteiger partial charge < -0.3 is 15.2 Å². The molecule has 5 heteroatoms. The van der Waals surface area contributed by atoms with E-state index in [2.05, 4.69) is 15.2 Å². The molecule has 1 saturated heterocycles. The van der Waals surface area contributed by atoms with Gasteiger partial charge in [-0.25, -0.2) is 0 Å².